The van der Waals surface area contributed by atoms with Crippen molar-refractivity contribution in [2.24, 2.45) is 15.8 Å². The van der Waals surface area contributed by atoms with Gasteiger partial charge in [0.25, 0.3) is 0 Å². The van der Waals surface area contributed by atoms with E-state index in [0.717, 1.165) is 22.5 Å². The highest BCUT2D eigenvalue weighted by Gasteiger charge is 2.19. The molecule has 3 rings (SSSR count). The molecule has 0 aliphatic carbocycles. The van der Waals surface area contributed by atoms with Crippen molar-refractivity contribution in [3.05, 3.63) is 63.6 Å². The fourth-order valence-corrected chi connectivity index (χ4v) is 2.68. The normalized spacial score (nSPS) is 13.8. The monoisotopic (exact) mass is 332 g/mol. The summed E-state index contributed by atoms with van der Waals surface area (Å²) in [5.74, 6) is 6.49. The van der Waals surface area contributed by atoms with E-state index in [9.17, 15) is 0 Å². The number of nitrogens with two attached hydrogens (primary N) is 1. The van der Waals surface area contributed by atoms with Gasteiger partial charge in [0, 0.05) is 28.2 Å². The zero-order valence-corrected chi connectivity index (χ0v) is 13.4. The molecule has 4 nitrogen and oxygen atoms in total. The highest BCUT2D eigenvalue weighted by atomic mass is 35.5. The summed E-state index contributed by atoms with van der Waals surface area (Å²) in [5, 5.41) is 2.73. The van der Waals surface area contributed by atoms with Crippen LogP contribution in [0.5, 0.6) is 0 Å². The van der Waals surface area contributed by atoms with E-state index in [2.05, 4.69) is 9.98 Å². The molecule has 0 radical (unpaired) electrons. The third-order valence-electron chi connectivity index (χ3n) is 3.38. The average Bonchev–Trinajstić information content (AvgIpc) is 2.67. The second-order valence-corrected chi connectivity index (χ2v) is 5.79. The minimum absolute atomic E-state index is 0.375. The number of hydrogen-bond donors (Lipinski definition) is 1. The maximum absolute atomic E-state index is 6.33. The Labute approximate surface area is 138 Å². The molecule has 0 unspecified atom stereocenters. The number of aliphatic imine (C=N–C) groups is 2. The predicted octanol–water partition coefficient (Wildman–Crippen LogP) is 3.68. The number of nitrogens with zero attached hydrogens (tertiary/aromatic N) is 3. The summed E-state index contributed by atoms with van der Waals surface area (Å²) in [4.78, 5) is 9.25. The van der Waals surface area contributed by atoms with Gasteiger partial charge in [-0.25, -0.2) is 10.8 Å². The molecule has 0 aromatic heterocycles. The summed E-state index contributed by atoms with van der Waals surface area (Å²) >= 11 is 12.5. The molecular formula is C16H14Cl2N4. The van der Waals surface area contributed by atoms with Gasteiger partial charge in [-0.1, -0.05) is 41.4 Å². The van der Waals surface area contributed by atoms with Crippen molar-refractivity contribution < 1.29 is 0 Å². The Bertz CT molecular complexity index is 781. The summed E-state index contributed by atoms with van der Waals surface area (Å²) in [6.07, 6.45) is 0. The highest BCUT2D eigenvalue weighted by Crippen LogP contribution is 2.30. The number of rotatable bonds is 1. The molecule has 1 aliphatic heterocycles. The molecule has 2 aromatic carbocycles. The van der Waals surface area contributed by atoms with Crippen LogP contribution in [0.4, 0.5) is 5.69 Å². The lowest BCUT2D eigenvalue weighted by atomic mass is 10.0. The minimum Gasteiger partial charge on any atom is -0.300 e. The fourth-order valence-electron chi connectivity index (χ4n) is 2.28. The molecule has 6 heteroatoms. The molecule has 2 N–H and O–H groups in total. The lowest BCUT2D eigenvalue weighted by molar-refractivity contribution is 0.531. The Morgan fingerprint density at radius 1 is 1.09 bits per heavy atom. The van der Waals surface area contributed by atoms with E-state index in [4.69, 9.17) is 29.0 Å². The van der Waals surface area contributed by atoms with Gasteiger partial charge in [-0.2, -0.15) is 0 Å². The molecule has 0 bridgehead atoms. The van der Waals surface area contributed by atoms with Crippen LogP contribution in [-0.4, -0.2) is 30.1 Å². The first-order valence-electron chi connectivity index (χ1n) is 6.71. The van der Waals surface area contributed by atoms with Crippen LogP contribution in [-0.2, 0) is 0 Å². The van der Waals surface area contributed by atoms with Crippen LogP contribution >= 0.6 is 23.2 Å². The van der Waals surface area contributed by atoms with Crippen LogP contribution in [0.1, 0.15) is 11.1 Å². The number of halogens is 2. The topological polar surface area (TPSA) is 54.0 Å². The van der Waals surface area contributed by atoms with E-state index in [-0.39, 0.29) is 0 Å². The fraction of sp³-hybridized carbons (Fsp3) is 0.125. The van der Waals surface area contributed by atoms with Gasteiger partial charge in [-0.3, -0.25) is 10.0 Å². The van der Waals surface area contributed by atoms with Crippen LogP contribution in [0.15, 0.2) is 52.4 Å². The Morgan fingerprint density at radius 3 is 2.59 bits per heavy atom. The van der Waals surface area contributed by atoms with Crippen molar-refractivity contribution in [3.63, 3.8) is 0 Å². The van der Waals surface area contributed by atoms with E-state index < -0.39 is 0 Å². The zero-order chi connectivity index (χ0) is 15.7. The molecule has 0 atom stereocenters. The maximum atomic E-state index is 6.33. The first kappa shape index (κ1) is 15.0. The molecule has 0 saturated carbocycles. The highest BCUT2D eigenvalue weighted by molar-refractivity contribution is 6.36. The Kier molecular flexibility index (Phi) is 4.16. The molecule has 1 heterocycles. The van der Waals surface area contributed by atoms with Gasteiger partial charge in [0.15, 0.2) is 0 Å². The van der Waals surface area contributed by atoms with Crippen molar-refractivity contribution in [1.29, 1.82) is 0 Å². The van der Waals surface area contributed by atoms with Crippen molar-refractivity contribution in [2.75, 3.05) is 13.6 Å². The van der Waals surface area contributed by atoms with E-state index >= 15 is 0 Å². The Hall–Kier alpha value is -1.88. The molecular weight excluding hydrogens is 319 g/mol. The summed E-state index contributed by atoms with van der Waals surface area (Å²) in [5.41, 5.74) is 3.23. The van der Waals surface area contributed by atoms with Crippen LogP contribution in [0.25, 0.3) is 0 Å². The first-order valence-corrected chi connectivity index (χ1v) is 7.47. The molecule has 0 fully saturated rings. The predicted molar refractivity (Wildman–Crippen MR) is 92.5 cm³/mol. The van der Waals surface area contributed by atoms with Gasteiger partial charge in [-0.05, 0) is 24.3 Å². The maximum Gasteiger partial charge on any atom is 0.140 e. The van der Waals surface area contributed by atoms with Crippen LogP contribution in [0.3, 0.4) is 0 Å². The van der Waals surface area contributed by atoms with Gasteiger partial charge in [0.05, 0.1) is 17.9 Å². The summed E-state index contributed by atoms with van der Waals surface area (Å²) in [6.45, 7) is 0.375. The smallest absolute Gasteiger partial charge is 0.140 e. The largest absolute Gasteiger partial charge is 0.300 e. The average molecular weight is 333 g/mol. The van der Waals surface area contributed by atoms with Gasteiger partial charge in [-0.15, -0.1) is 0 Å². The van der Waals surface area contributed by atoms with Gasteiger partial charge < -0.3 is 0 Å². The minimum atomic E-state index is 0.375. The molecule has 1 aliphatic rings. The lowest BCUT2D eigenvalue weighted by Crippen LogP contribution is -2.34. The second-order valence-electron chi connectivity index (χ2n) is 4.95. The van der Waals surface area contributed by atoms with E-state index in [0.29, 0.717) is 22.4 Å². The van der Waals surface area contributed by atoms with E-state index in [1.54, 1.807) is 13.1 Å². The number of likely N-dealkylation sites (N-methyl/N-ethyl adjacent to an activating group) is 1. The number of hydrogen-bond acceptors (Lipinski definition) is 4. The van der Waals surface area contributed by atoms with Crippen LogP contribution in [0.2, 0.25) is 10.0 Å². The van der Waals surface area contributed by atoms with Crippen molar-refractivity contribution in [3.8, 4) is 0 Å². The lowest BCUT2D eigenvalue weighted by Gasteiger charge is -2.12. The summed E-state index contributed by atoms with van der Waals surface area (Å²) in [7, 11) is 1.74. The van der Waals surface area contributed by atoms with Gasteiger partial charge in [0.2, 0.25) is 0 Å². The van der Waals surface area contributed by atoms with Gasteiger partial charge >= 0.3 is 0 Å². The SMILES string of the molecule is CN(N)C1=Nc2ccc(Cl)cc2C(c2ccccc2Cl)=NC1. The molecule has 0 saturated heterocycles. The molecule has 112 valence electrons. The summed E-state index contributed by atoms with van der Waals surface area (Å²) < 4.78 is 0. The summed E-state index contributed by atoms with van der Waals surface area (Å²) in [6, 6.07) is 13.1. The van der Waals surface area contributed by atoms with Crippen LogP contribution in [0, 0.1) is 0 Å². The number of hydrazine groups is 1. The van der Waals surface area contributed by atoms with Crippen LogP contribution < -0.4 is 5.84 Å². The number of amidine groups is 1. The van der Waals surface area contributed by atoms with E-state index in [1.807, 2.05) is 36.4 Å². The molecule has 2 aromatic rings. The first-order chi connectivity index (χ1) is 10.6. The molecule has 22 heavy (non-hydrogen) atoms. The zero-order valence-electron chi connectivity index (χ0n) is 11.9. The van der Waals surface area contributed by atoms with Crippen molar-refractivity contribution in [2.45, 2.75) is 0 Å². The van der Waals surface area contributed by atoms with Gasteiger partial charge in [0.1, 0.15) is 5.84 Å². The third kappa shape index (κ3) is 2.86. The second kappa shape index (κ2) is 6.08. The third-order valence-corrected chi connectivity index (χ3v) is 3.94. The van der Waals surface area contributed by atoms with Crippen molar-refractivity contribution in [1.82, 2.24) is 5.01 Å². The number of benzene rings is 2. The van der Waals surface area contributed by atoms with E-state index in [1.165, 1.54) is 5.01 Å². The Balaban J connectivity index is 2.22. The quantitative estimate of drug-likeness (QED) is 0.639. The molecule has 0 amide bonds. The Morgan fingerprint density at radius 2 is 1.86 bits per heavy atom. The number of fused-ring (bicyclic) bond motifs is 1. The molecule has 0 spiro atoms. The standard InChI is InChI=1S/C16H14Cl2N4/c1-22(19)15-9-20-16(11-4-2-3-5-13(11)18)12-8-10(17)6-7-14(12)21-15/h2-8H,9,19H2,1H3. The van der Waals surface area contributed by atoms with Crippen molar-refractivity contribution >= 4 is 40.4 Å².